The molecule has 3 rings (SSSR count). The maximum absolute atomic E-state index is 5.53. The number of aryl methyl sites for hydroxylation is 2. The average molecular weight is 322 g/mol. The summed E-state index contributed by atoms with van der Waals surface area (Å²) >= 11 is 0. The van der Waals surface area contributed by atoms with Gasteiger partial charge < -0.3 is 9.68 Å². The molecule has 4 heteroatoms. The second kappa shape index (κ2) is 7.77. The number of benzene rings is 2. The van der Waals surface area contributed by atoms with Gasteiger partial charge in [-0.25, -0.2) is 0 Å². The summed E-state index contributed by atoms with van der Waals surface area (Å²) < 4.78 is 0. The summed E-state index contributed by atoms with van der Waals surface area (Å²) in [4.78, 5) is 11.1. The van der Waals surface area contributed by atoms with E-state index in [9.17, 15) is 0 Å². The van der Waals surface area contributed by atoms with Gasteiger partial charge in [-0.15, -0.1) is 0 Å². The van der Waals surface area contributed by atoms with Crippen LogP contribution in [0.15, 0.2) is 58.8 Å². The fourth-order valence-electron chi connectivity index (χ4n) is 2.44. The van der Waals surface area contributed by atoms with Gasteiger partial charge in [0.1, 0.15) is 24.6 Å². The van der Waals surface area contributed by atoms with Crippen LogP contribution in [0.25, 0.3) is 0 Å². The van der Waals surface area contributed by atoms with Crippen LogP contribution < -0.4 is 0 Å². The first-order chi connectivity index (χ1) is 11.7. The number of hydrogen-bond donors (Lipinski definition) is 0. The van der Waals surface area contributed by atoms with Gasteiger partial charge in [0.25, 0.3) is 0 Å². The van der Waals surface area contributed by atoms with Crippen molar-refractivity contribution in [3.8, 4) is 0 Å². The highest BCUT2D eigenvalue weighted by atomic mass is 16.6. The average Bonchev–Trinajstić information content (AvgIpc) is 2.61. The fourth-order valence-corrected chi connectivity index (χ4v) is 2.44. The highest BCUT2D eigenvalue weighted by Gasteiger charge is 2.17. The number of rotatable bonds is 2. The third kappa shape index (κ3) is 4.02. The molecule has 0 N–H and O–H groups in total. The van der Waals surface area contributed by atoms with Crippen LogP contribution in [0.4, 0.5) is 0 Å². The zero-order valence-corrected chi connectivity index (χ0v) is 14.2. The van der Waals surface area contributed by atoms with Crippen molar-refractivity contribution >= 4 is 11.4 Å². The highest BCUT2D eigenvalue weighted by Crippen LogP contribution is 2.14. The van der Waals surface area contributed by atoms with Crippen LogP contribution in [0.5, 0.6) is 0 Å². The molecule has 0 aliphatic carbocycles. The second-order valence-corrected chi connectivity index (χ2v) is 5.99. The molecule has 2 aromatic rings. The molecule has 4 nitrogen and oxygen atoms in total. The van der Waals surface area contributed by atoms with E-state index in [0.29, 0.717) is 24.6 Å². The van der Waals surface area contributed by atoms with Gasteiger partial charge in [0.05, 0.1) is 0 Å². The Kier molecular flexibility index (Phi) is 5.26. The van der Waals surface area contributed by atoms with Gasteiger partial charge in [0.15, 0.2) is 0 Å². The molecule has 0 bridgehead atoms. The standard InChI is InChI=1S/C20H22N2O2/c1-15-5-9-17(10-6-15)19-20(18-11-7-16(2)8-12-18)22-24-14-4-3-13-23-21-19/h5-12H,3-4,13-14H2,1-2H3/b21-19-,22-20+. The molecular formula is C20H22N2O2. The second-order valence-electron chi connectivity index (χ2n) is 5.99. The minimum atomic E-state index is 0.583. The summed E-state index contributed by atoms with van der Waals surface area (Å²) in [5, 5.41) is 8.74. The van der Waals surface area contributed by atoms with Gasteiger partial charge in [-0.05, 0) is 26.7 Å². The van der Waals surface area contributed by atoms with Crippen LogP contribution in [0.2, 0.25) is 0 Å². The SMILES string of the molecule is Cc1ccc(C2=N/OCCCCO\N=C\2c2ccc(C)cc2)cc1. The van der Waals surface area contributed by atoms with Gasteiger partial charge in [-0.3, -0.25) is 0 Å². The first-order valence-electron chi connectivity index (χ1n) is 8.28. The Bertz CT molecular complexity index is 666. The molecule has 0 saturated heterocycles. The van der Waals surface area contributed by atoms with Crippen molar-refractivity contribution in [2.45, 2.75) is 26.7 Å². The summed E-state index contributed by atoms with van der Waals surface area (Å²) in [7, 11) is 0. The van der Waals surface area contributed by atoms with Crippen LogP contribution in [0.3, 0.4) is 0 Å². The van der Waals surface area contributed by atoms with Crippen LogP contribution >= 0.6 is 0 Å². The predicted molar refractivity (Wildman–Crippen MR) is 96.6 cm³/mol. The van der Waals surface area contributed by atoms with Gasteiger partial charge in [-0.1, -0.05) is 70.0 Å². The molecule has 0 fully saturated rings. The molecule has 0 aromatic heterocycles. The third-order valence-electron chi connectivity index (χ3n) is 3.91. The van der Waals surface area contributed by atoms with E-state index in [1.54, 1.807) is 0 Å². The highest BCUT2D eigenvalue weighted by molar-refractivity contribution is 6.53. The lowest BCUT2D eigenvalue weighted by atomic mass is 9.98. The van der Waals surface area contributed by atoms with Crippen molar-refractivity contribution in [1.82, 2.24) is 0 Å². The van der Waals surface area contributed by atoms with Crippen molar-refractivity contribution in [2.24, 2.45) is 10.3 Å². The Hall–Kier alpha value is -2.62. The van der Waals surface area contributed by atoms with Crippen molar-refractivity contribution in [2.75, 3.05) is 13.2 Å². The molecular weight excluding hydrogens is 300 g/mol. The van der Waals surface area contributed by atoms with Crippen molar-refractivity contribution < 1.29 is 9.68 Å². The minimum Gasteiger partial charge on any atom is -0.395 e. The lowest BCUT2D eigenvalue weighted by Crippen LogP contribution is -2.19. The smallest absolute Gasteiger partial charge is 0.139 e. The largest absolute Gasteiger partial charge is 0.395 e. The van der Waals surface area contributed by atoms with Crippen molar-refractivity contribution in [3.05, 3.63) is 70.8 Å². The van der Waals surface area contributed by atoms with E-state index in [-0.39, 0.29) is 0 Å². The van der Waals surface area contributed by atoms with Crippen LogP contribution in [-0.2, 0) is 9.68 Å². The number of nitrogens with zero attached hydrogens (tertiary/aromatic N) is 2. The maximum Gasteiger partial charge on any atom is 0.139 e. The Morgan fingerprint density at radius 2 is 1.00 bits per heavy atom. The van der Waals surface area contributed by atoms with Gasteiger partial charge in [-0.2, -0.15) is 0 Å². The molecule has 24 heavy (non-hydrogen) atoms. The minimum absolute atomic E-state index is 0.583. The lowest BCUT2D eigenvalue weighted by molar-refractivity contribution is 0.108. The molecule has 0 unspecified atom stereocenters. The van der Waals surface area contributed by atoms with Crippen LogP contribution in [-0.4, -0.2) is 24.6 Å². The molecule has 0 atom stereocenters. The molecule has 1 heterocycles. The quantitative estimate of drug-likeness (QED) is 0.830. The zero-order chi connectivity index (χ0) is 16.8. The van der Waals surface area contributed by atoms with E-state index in [2.05, 4.69) is 48.4 Å². The third-order valence-corrected chi connectivity index (χ3v) is 3.91. The summed E-state index contributed by atoms with van der Waals surface area (Å²) in [6.45, 7) is 5.29. The van der Waals surface area contributed by atoms with E-state index in [1.807, 2.05) is 24.3 Å². The van der Waals surface area contributed by atoms with Gasteiger partial charge in [0, 0.05) is 11.1 Å². The normalized spacial score (nSPS) is 19.9. The number of hydrogen-bond acceptors (Lipinski definition) is 4. The molecule has 0 spiro atoms. The van der Waals surface area contributed by atoms with Crippen molar-refractivity contribution in [3.63, 3.8) is 0 Å². The first kappa shape index (κ1) is 16.2. The molecule has 0 amide bonds. The summed E-state index contributed by atoms with van der Waals surface area (Å²) in [6, 6.07) is 16.4. The topological polar surface area (TPSA) is 43.2 Å². The fraction of sp³-hybridized carbons (Fsp3) is 0.300. The molecule has 0 radical (unpaired) electrons. The zero-order valence-electron chi connectivity index (χ0n) is 14.2. The van der Waals surface area contributed by atoms with Crippen LogP contribution in [0, 0.1) is 13.8 Å². The Balaban J connectivity index is 2.05. The summed E-state index contributed by atoms with van der Waals surface area (Å²) in [5.74, 6) is 0. The van der Waals surface area contributed by atoms with Gasteiger partial charge >= 0.3 is 0 Å². The van der Waals surface area contributed by atoms with E-state index >= 15 is 0 Å². The van der Waals surface area contributed by atoms with E-state index < -0.39 is 0 Å². The molecule has 0 saturated carbocycles. The first-order valence-corrected chi connectivity index (χ1v) is 8.28. The Labute approximate surface area is 142 Å². The Morgan fingerprint density at radius 1 is 0.625 bits per heavy atom. The van der Waals surface area contributed by atoms with Gasteiger partial charge in [0.2, 0.25) is 0 Å². The molecule has 2 aromatic carbocycles. The summed E-state index contributed by atoms with van der Waals surface area (Å²) in [6.07, 6.45) is 1.81. The van der Waals surface area contributed by atoms with Crippen LogP contribution in [0.1, 0.15) is 35.1 Å². The van der Waals surface area contributed by atoms with E-state index in [0.717, 1.165) is 24.0 Å². The molecule has 124 valence electrons. The van der Waals surface area contributed by atoms with Crippen molar-refractivity contribution in [1.29, 1.82) is 0 Å². The maximum atomic E-state index is 5.53. The summed E-state index contributed by atoms with van der Waals surface area (Å²) in [5.41, 5.74) is 5.71. The van der Waals surface area contributed by atoms with E-state index in [4.69, 9.17) is 9.68 Å². The monoisotopic (exact) mass is 322 g/mol. The number of oxime groups is 2. The predicted octanol–water partition coefficient (Wildman–Crippen LogP) is 4.24. The lowest BCUT2D eigenvalue weighted by Gasteiger charge is -2.13. The molecule has 1 aliphatic rings. The Morgan fingerprint density at radius 3 is 1.38 bits per heavy atom. The van der Waals surface area contributed by atoms with E-state index in [1.165, 1.54) is 11.1 Å². The molecule has 1 aliphatic heterocycles.